The number of hydrogen-bond acceptors (Lipinski definition) is 8. The molecule has 38 heavy (non-hydrogen) atoms. The highest BCUT2D eigenvalue weighted by molar-refractivity contribution is 7.98. The van der Waals surface area contributed by atoms with E-state index in [4.69, 9.17) is 11.6 Å². The zero-order valence-corrected chi connectivity index (χ0v) is 22.1. The number of rotatable bonds is 6. The van der Waals surface area contributed by atoms with Crippen LogP contribution in [-0.2, 0) is 28.3 Å². The number of hydrogen-bond donors (Lipinski definition) is 2. The van der Waals surface area contributed by atoms with Gasteiger partial charge in [-0.05, 0) is 29.9 Å². The van der Waals surface area contributed by atoms with Crippen molar-refractivity contribution in [1.82, 2.24) is 29.7 Å². The highest BCUT2D eigenvalue weighted by Crippen LogP contribution is 2.22. The Balaban J connectivity index is 1.12. The summed E-state index contributed by atoms with van der Waals surface area (Å²) >= 11 is 7.56. The first-order valence-corrected chi connectivity index (χ1v) is 13.7. The lowest BCUT2D eigenvalue weighted by atomic mass is 10.1. The molecule has 4 heterocycles. The molecule has 3 aromatic rings. The van der Waals surface area contributed by atoms with E-state index in [1.54, 1.807) is 29.1 Å². The smallest absolute Gasteiger partial charge is 0.329 e. The average molecular weight is 556 g/mol. The van der Waals surface area contributed by atoms with Crippen LogP contribution in [0, 0.1) is 0 Å². The summed E-state index contributed by atoms with van der Waals surface area (Å²) in [5.41, 5.74) is 1.98. The lowest BCUT2D eigenvalue weighted by Gasteiger charge is -2.34. The predicted molar refractivity (Wildman–Crippen MR) is 145 cm³/mol. The third kappa shape index (κ3) is 5.76. The number of carbonyl (C=O) groups excluding carboxylic acids is 2. The highest BCUT2D eigenvalue weighted by atomic mass is 35.5. The van der Waals surface area contributed by atoms with Gasteiger partial charge in [-0.2, -0.15) is 11.8 Å². The maximum atomic E-state index is 12.7. The van der Waals surface area contributed by atoms with Gasteiger partial charge in [0.2, 0.25) is 17.8 Å². The van der Waals surface area contributed by atoms with Crippen molar-refractivity contribution in [3.8, 4) is 11.1 Å². The van der Waals surface area contributed by atoms with Gasteiger partial charge in [0.15, 0.2) is 0 Å². The van der Waals surface area contributed by atoms with Gasteiger partial charge in [-0.15, -0.1) is 0 Å². The van der Waals surface area contributed by atoms with E-state index < -0.39 is 17.2 Å². The molecule has 1 saturated heterocycles. The second-order valence-corrected chi connectivity index (χ2v) is 10.5. The van der Waals surface area contributed by atoms with Gasteiger partial charge in [-0.1, -0.05) is 23.7 Å². The van der Waals surface area contributed by atoms with E-state index in [0.29, 0.717) is 60.6 Å². The molecule has 0 atom stereocenters. The molecule has 1 aromatic carbocycles. The van der Waals surface area contributed by atoms with Gasteiger partial charge in [-0.25, -0.2) is 14.8 Å². The maximum absolute atomic E-state index is 12.7. The summed E-state index contributed by atoms with van der Waals surface area (Å²) in [6, 6.07) is 7.46. The molecular weight excluding hydrogens is 530 g/mol. The second kappa shape index (κ2) is 11.4. The molecule has 13 heteroatoms. The molecule has 2 amide bonds. The van der Waals surface area contributed by atoms with Crippen LogP contribution in [0.5, 0.6) is 0 Å². The van der Waals surface area contributed by atoms with Crippen LogP contribution in [0.1, 0.15) is 11.3 Å². The first kappa shape index (κ1) is 26.0. The summed E-state index contributed by atoms with van der Waals surface area (Å²) in [7, 11) is 0. The summed E-state index contributed by atoms with van der Waals surface area (Å²) in [6.07, 6.45) is 4.08. The minimum Gasteiger partial charge on any atom is -0.345 e. The first-order valence-electron chi connectivity index (χ1n) is 12.2. The Kier molecular flexibility index (Phi) is 7.79. The van der Waals surface area contributed by atoms with Crippen molar-refractivity contribution in [2.24, 2.45) is 0 Å². The van der Waals surface area contributed by atoms with E-state index in [0.717, 1.165) is 16.9 Å². The Hall–Kier alpha value is -3.64. The standard InChI is InChI=1S/C25H26ClN7O4S/c26-18-3-1-16(2-4-18)17-11-28-24(29-12-17)32-8-6-31(7-9-32)22(35)13-27-21(34)14-33-20-5-10-38-15-19(20)23(36)30-25(33)37/h1-4,11-12H,5-10,13-15H2,(H,27,34)(H,30,36,37). The first-order chi connectivity index (χ1) is 18.4. The van der Waals surface area contributed by atoms with Gasteiger partial charge < -0.3 is 15.1 Å². The van der Waals surface area contributed by atoms with Crippen LogP contribution in [0.4, 0.5) is 5.95 Å². The van der Waals surface area contributed by atoms with Crippen LogP contribution >= 0.6 is 23.4 Å². The van der Waals surface area contributed by atoms with E-state index >= 15 is 0 Å². The molecular formula is C25H26ClN7O4S. The van der Waals surface area contributed by atoms with E-state index in [1.807, 2.05) is 29.2 Å². The quantitative estimate of drug-likeness (QED) is 0.458. The van der Waals surface area contributed by atoms with Crippen molar-refractivity contribution in [2.45, 2.75) is 18.7 Å². The molecule has 0 bridgehead atoms. The van der Waals surface area contributed by atoms with E-state index in [-0.39, 0.29) is 19.0 Å². The fourth-order valence-electron chi connectivity index (χ4n) is 4.52. The maximum Gasteiger partial charge on any atom is 0.329 e. The van der Waals surface area contributed by atoms with Crippen molar-refractivity contribution in [3.63, 3.8) is 0 Å². The van der Waals surface area contributed by atoms with Gasteiger partial charge >= 0.3 is 5.69 Å². The summed E-state index contributed by atoms with van der Waals surface area (Å²) in [5, 5.41) is 3.28. The fraction of sp³-hybridized carbons (Fsp3) is 0.360. The number of nitrogens with zero attached hydrogens (tertiary/aromatic N) is 5. The molecule has 198 valence electrons. The number of H-pyrrole nitrogens is 1. The number of carbonyl (C=O) groups is 2. The predicted octanol–water partition coefficient (Wildman–Crippen LogP) is 0.901. The Morgan fingerprint density at radius 2 is 1.74 bits per heavy atom. The zero-order chi connectivity index (χ0) is 26.6. The van der Waals surface area contributed by atoms with Crippen molar-refractivity contribution in [2.75, 3.05) is 43.4 Å². The zero-order valence-electron chi connectivity index (χ0n) is 20.5. The summed E-state index contributed by atoms with van der Waals surface area (Å²) in [6.45, 7) is 1.67. The third-order valence-electron chi connectivity index (χ3n) is 6.61. The SMILES string of the molecule is O=C(Cn1c2c(c(=O)[nH]c1=O)CSCC2)NCC(=O)N1CCN(c2ncc(-c3ccc(Cl)cc3)cn2)CC1. The number of piperazine rings is 1. The minimum absolute atomic E-state index is 0.165. The molecule has 5 rings (SSSR count). The Morgan fingerprint density at radius 1 is 1.03 bits per heavy atom. The van der Waals surface area contributed by atoms with Crippen LogP contribution < -0.4 is 21.5 Å². The van der Waals surface area contributed by atoms with E-state index in [2.05, 4.69) is 20.3 Å². The Bertz CT molecular complexity index is 1450. The number of benzene rings is 1. The number of aromatic nitrogens is 4. The number of aromatic amines is 1. The lowest BCUT2D eigenvalue weighted by Crippen LogP contribution is -2.52. The van der Waals surface area contributed by atoms with Crippen molar-refractivity contribution in [3.05, 3.63) is 73.8 Å². The number of amides is 2. The summed E-state index contributed by atoms with van der Waals surface area (Å²) in [5.74, 6) is 1.22. The molecule has 2 N–H and O–H groups in total. The Morgan fingerprint density at radius 3 is 2.45 bits per heavy atom. The second-order valence-electron chi connectivity index (χ2n) is 9.00. The minimum atomic E-state index is -0.610. The van der Waals surface area contributed by atoms with E-state index in [1.165, 1.54) is 4.57 Å². The number of nitrogens with one attached hydrogen (secondary N) is 2. The van der Waals surface area contributed by atoms with Gasteiger partial charge in [0.25, 0.3) is 5.56 Å². The molecule has 11 nitrogen and oxygen atoms in total. The van der Waals surface area contributed by atoms with Crippen molar-refractivity contribution >= 4 is 41.1 Å². The van der Waals surface area contributed by atoms with Crippen molar-refractivity contribution < 1.29 is 9.59 Å². The normalized spacial score (nSPS) is 15.2. The fourth-order valence-corrected chi connectivity index (χ4v) is 5.63. The summed E-state index contributed by atoms with van der Waals surface area (Å²) in [4.78, 5) is 64.6. The number of thioether (sulfide) groups is 1. The number of fused-ring (bicyclic) bond motifs is 1. The van der Waals surface area contributed by atoms with Crippen LogP contribution in [0.25, 0.3) is 11.1 Å². The molecule has 1 fully saturated rings. The largest absolute Gasteiger partial charge is 0.345 e. The van der Waals surface area contributed by atoms with Crippen LogP contribution in [0.3, 0.4) is 0 Å². The molecule has 0 radical (unpaired) electrons. The van der Waals surface area contributed by atoms with Gasteiger partial charge in [-0.3, -0.25) is 23.9 Å². The molecule has 2 aromatic heterocycles. The van der Waals surface area contributed by atoms with Crippen molar-refractivity contribution in [1.29, 1.82) is 0 Å². The van der Waals surface area contributed by atoms with Crippen LogP contribution in [0.2, 0.25) is 5.02 Å². The molecule has 0 unspecified atom stereocenters. The topological polar surface area (TPSA) is 133 Å². The molecule has 0 aliphatic carbocycles. The molecule has 0 spiro atoms. The van der Waals surface area contributed by atoms with E-state index in [9.17, 15) is 19.2 Å². The van der Waals surface area contributed by atoms with Gasteiger partial charge in [0.1, 0.15) is 6.54 Å². The van der Waals surface area contributed by atoms with Crippen LogP contribution in [0.15, 0.2) is 46.2 Å². The molecule has 0 saturated carbocycles. The highest BCUT2D eigenvalue weighted by Gasteiger charge is 2.24. The number of halogens is 1. The van der Waals surface area contributed by atoms with Crippen LogP contribution in [-0.4, -0.2) is 74.7 Å². The molecule has 2 aliphatic heterocycles. The molecule has 2 aliphatic rings. The monoisotopic (exact) mass is 555 g/mol. The number of anilines is 1. The average Bonchev–Trinajstić information content (AvgIpc) is 2.94. The summed E-state index contributed by atoms with van der Waals surface area (Å²) < 4.78 is 1.30. The van der Waals surface area contributed by atoms with Gasteiger partial charge in [0, 0.05) is 66.2 Å². The lowest BCUT2D eigenvalue weighted by molar-refractivity contribution is -0.133. The van der Waals surface area contributed by atoms with Gasteiger partial charge in [0.05, 0.1) is 6.54 Å². The Labute approximate surface area is 227 Å². The third-order valence-corrected chi connectivity index (χ3v) is 7.85.